The Labute approximate surface area is 635 Å². The summed E-state index contributed by atoms with van der Waals surface area (Å²) in [5.74, 6) is 7.07. The van der Waals surface area contributed by atoms with E-state index in [1.807, 2.05) is 11.3 Å². The number of aromatic nitrogens is 4. The third kappa shape index (κ3) is 17.5. The molecule has 105 heavy (non-hydrogen) atoms. The topological polar surface area (TPSA) is 74.4 Å². The lowest BCUT2D eigenvalue weighted by atomic mass is 9.92. The monoisotopic (exact) mass is 1420 g/mol. The first kappa shape index (κ1) is 75.5. The fourth-order valence-electron chi connectivity index (χ4n) is 16.5. The van der Waals surface area contributed by atoms with Crippen molar-refractivity contribution in [2.75, 3.05) is 0 Å². The van der Waals surface area contributed by atoms with E-state index in [0.29, 0.717) is 0 Å². The van der Waals surface area contributed by atoms with E-state index < -0.39 is 0 Å². The van der Waals surface area contributed by atoms with Gasteiger partial charge in [0.15, 0.2) is 6.29 Å². The zero-order valence-corrected chi connectivity index (χ0v) is 66.5. The van der Waals surface area contributed by atoms with Gasteiger partial charge < -0.3 is 9.97 Å². The minimum absolute atomic E-state index is 0.872. The second-order valence-corrected chi connectivity index (χ2v) is 32.0. The lowest BCUT2D eigenvalue weighted by molar-refractivity contribution is 0.112. The zero-order chi connectivity index (χ0) is 73.7. The summed E-state index contributed by atoms with van der Waals surface area (Å²) in [5, 5.41) is 0. The van der Waals surface area contributed by atoms with Crippen molar-refractivity contribution in [3.05, 3.63) is 240 Å². The number of aldehydes is 1. The molecule has 5 nitrogen and oxygen atoms in total. The SMILES string of the molecule is CCCCCCc1c(C=O)sc(/C=C/c2sc(/C=C/c3ccc(C#Cc4ccc(-c5c6nc(c(-c7c(C)cc(C)cc7C)c7ccc([nH]7)c(-c7c(C)cc(C)cc7C)c7nc(c(-c8c(C)cc(C)cc8C)c8ccc5[nH]8)C=C7)C=C6)cc4)cc3)c(CCCCCC)c2CCCCCC)c1CCCCCC. The Balaban J connectivity index is 0.917. The van der Waals surface area contributed by atoms with E-state index in [4.69, 9.17) is 9.97 Å². The second kappa shape index (κ2) is 35.3. The molecule has 5 aromatic carbocycles. The van der Waals surface area contributed by atoms with E-state index in [9.17, 15) is 4.79 Å². The molecule has 12 rings (SSSR count). The number of hydrogen-bond acceptors (Lipinski definition) is 5. The number of aryl methyl sites for hydroxylation is 9. The maximum atomic E-state index is 12.7. The number of thiophene rings is 2. The van der Waals surface area contributed by atoms with Gasteiger partial charge in [-0.05, 0) is 288 Å². The average molecular weight is 1420 g/mol. The Morgan fingerprint density at radius 3 is 0.962 bits per heavy atom. The van der Waals surface area contributed by atoms with Crippen LogP contribution in [0, 0.1) is 74.2 Å². The fourth-order valence-corrected chi connectivity index (χ4v) is 18.8. The highest BCUT2D eigenvalue weighted by Gasteiger charge is 2.25. The van der Waals surface area contributed by atoms with Crippen LogP contribution < -0.4 is 0 Å². The Bertz CT molecular complexity index is 5060. The van der Waals surface area contributed by atoms with Crippen LogP contribution in [-0.2, 0) is 25.7 Å². The van der Waals surface area contributed by atoms with Crippen molar-refractivity contribution in [2.24, 2.45) is 0 Å². The van der Waals surface area contributed by atoms with Crippen molar-refractivity contribution >= 4 is 99.6 Å². The minimum Gasteiger partial charge on any atom is -0.354 e. The number of carbonyl (C=O) groups is 1. The minimum atomic E-state index is 0.872. The second-order valence-electron chi connectivity index (χ2n) is 29.9. The fraction of sp³-hybridized carbons (Fsp3) is 0.337. The van der Waals surface area contributed by atoms with Gasteiger partial charge in [0.25, 0.3) is 0 Å². The summed E-state index contributed by atoms with van der Waals surface area (Å²) in [4.78, 5) is 37.2. The van der Waals surface area contributed by atoms with Crippen LogP contribution in [-0.4, -0.2) is 26.2 Å². The molecule has 0 saturated heterocycles. The molecule has 0 radical (unpaired) electrons. The molecule has 0 unspecified atom stereocenters. The molecule has 10 aromatic rings. The van der Waals surface area contributed by atoms with E-state index in [2.05, 4.69) is 270 Å². The highest BCUT2D eigenvalue weighted by atomic mass is 32.1. The number of carbonyl (C=O) groups excluding carboxylic acids is 1. The largest absolute Gasteiger partial charge is 0.354 e. The summed E-state index contributed by atoms with van der Waals surface area (Å²) < 4.78 is 0. The molecule has 538 valence electrons. The van der Waals surface area contributed by atoms with E-state index in [1.54, 1.807) is 11.3 Å². The smallest absolute Gasteiger partial charge is 0.160 e. The van der Waals surface area contributed by atoms with Crippen LogP contribution in [0.3, 0.4) is 0 Å². The number of hydrogen-bond donors (Lipinski definition) is 2. The Hall–Kier alpha value is -9.19. The van der Waals surface area contributed by atoms with Crippen LogP contribution in [0.15, 0.2) is 109 Å². The molecule has 7 heteroatoms. The molecule has 2 aliphatic rings. The van der Waals surface area contributed by atoms with Gasteiger partial charge in [-0.1, -0.05) is 200 Å². The van der Waals surface area contributed by atoms with Crippen molar-refractivity contribution in [3.8, 4) is 56.3 Å². The molecule has 2 aliphatic heterocycles. The third-order valence-corrected chi connectivity index (χ3v) is 23.7. The number of H-pyrrole nitrogens is 2. The van der Waals surface area contributed by atoms with Gasteiger partial charge in [0.2, 0.25) is 0 Å². The van der Waals surface area contributed by atoms with Crippen LogP contribution in [0.25, 0.3) is 115 Å². The van der Waals surface area contributed by atoms with Gasteiger partial charge in [0.05, 0.1) is 27.7 Å². The molecule has 0 fully saturated rings. The van der Waals surface area contributed by atoms with Crippen LogP contribution in [0.2, 0.25) is 0 Å². The number of rotatable bonds is 29. The van der Waals surface area contributed by atoms with Crippen molar-refractivity contribution in [1.82, 2.24) is 19.9 Å². The summed E-state index contributed by atoms with van der Waals surface area (Å²) in [5.41, 5.74) is 36.1. The average Bonchev–Trinajstić information content (AvgIpc) is 1.62. The van der Waals surface area contributed by atoms with Crippen LogP contribution >= 0.6 is 22.7 Å². The van der Waals surface area contributed by atoms with E-state index in [1.165, 1.54) is 200 Å². The highest BCUT2D eigenvalue weighted by molar-refractivity contribution is 7.15. The first-order chi connectivity index (χ1) is 51.1. The van der Waals surface area contributed by atoms with Crippen LogP contribution in [0.5, 0.6) is 0 Å². The summed E-state index contributed by atoms with van der Waals surface area (Å²) in [7, 11) is 0. The molecule has 7 heterocycles. The summed E-state index contributed by atoms with van der Waals surface area (Å²) in [6.45, 7) is 29.1. The van der Waals surface area contributed by atoms with Gasteiger partial charge >= 0.3 is 0 Å². The molecule has 0 aliphatic carbocycles. The molecular weight excluding hydrogens is 1310 g/mol. The normalized spacial score (nSPS) is 12.0. The lowest BCUT2D eigenvalue weighted by Crippen LogP contribution is -1.97. The quantitative estimate of drug-likeness (QED) is 0.0279. The summed E-state index contributed by atoms with van der Waals surface area (Å²) in [6, 6.07) is 40.2. The summed E-state index contributed by atoms with van der Waals surface area (Å²) in [6.07, 6.45) is 43.3. The molecule has 0 saturated carbocycles. The first-order valence-corrected chi connectivity index (χ1v) is 40.9. The standard InChI is InChI=1S/C98H108N4OS2/c1-14-18-22-26-30-76-77(31-27-23-19-15-2)89(54-55-90-78(32-28-24-20-16-3)79(91(62-103)105-90)33-29-25-21-17-4)104-88(76)53-42-73-37-34-72(35-38-73)36-39-74-40-43-75(44-41-74)95-80-45-47-82(99-80)96(92-66(8)56-63(5)57-67(92)9)84-49-51-86(101-84)98(94-70(12)60-65(7)61-71(94)13)87-52-50-85(102-87)97(83-48-46-81(95)100-83)93-68(10)58-64(6)59-69(93)11/h34-35,37-38,40-62,99,102H,14-33H2,1-13H3/b53-42+,55-54+,95-80?,95-81?,96-82?,96-84?,97-83?,97-85?,98-86?,98-87?. The van der Waals surface area contributed by atoms with Crippen molar-refractivity contribution in [1.29, 1.82) is 0 Å². The number of benzene rings is 5. The molecule has 0 amide bonds. The van der Waals surface area contributed by atoms with Gasteiger partial charge in [-0.3, -0.25) is 4.79 Å². The molecule has 2 N–H and O–H groups in total. The highest BCUT2D eigenvalue weighted by Crippen LogP contribution is 2.44. The first-order valence-electron chi connectivity index (χ1n) is 39.3. The van der Waals surface area contributed by atoms with Crippen LogP contribution in [0.1, 0.15) is 267 Å². The third-order valence-electron chi connectivity index (χ3n) is 21.4. The predicted molar refractivity (Wildman–Crippen MR) is 459 cm³/mol. The number of fused-ring (bicyclic) bond motifs is 8. The number of nitrogens with one attached hydrogen (secondary N) is 2. The maximum Gasteiger partial charge on any atom is 0.160 e. The number of unbranched alkanes of at least 4 members (excludes halogenated alkanes) is 12. The maximum absolute atomic E-state index is 12.7. The Kier molecular flexibility index (Phi) is 25.4. The van der Waals surface area contributed by atoms with Crippen molar-refractivity contribution < 1.29 is 4.79 Å². The Morgan fingerprint density at radius 1 is 0.333 bits per heavy atom. The molecule has 0 spiro atoms. The van der Waals surface area contributed by atoms with E-state index >= 15 is 0 Å². The van der Waals surface area contributed by atoms with Gasteiger partial charge in [0, 0.05) is 70.1 Å². The predicted octanol–water partition coefficient (Wildman–Crippen LogP) is 28.3. The molecule has 8 bridgehead atoms. The molecular formula is C98H108N4OS2. The van der Waals surface area contributed by atoms with Gasteiger partial charge in [-0.25, -0.2) is 9.97 Å². The summed E-state index contributed by atoms with van der Waals surface area (Å²) >= 11 is 3.69. The van der Waals surface area contributed by atoms with Gasteiger partial charge in [-0.15, -0.1) is 22.7 Å². The van der Waals surface area contributed by atoms with Crippen molar-refractivity contribution in [2.45, 2.75) is 218 Å². The zero-order valence-electron chi connectivity index (χ0n) is 64.8. The van der Waals surface area contributed by atoms with Crippen LogP contribution in [0.4, 0.5) is 0 Å². The molecule has 0 atom stereocenters. The number of nitrogens with zero attached hydrogens (tertiary/aromatic N) is 2. The molecule has 5 aromatic heterocycles. The van der Waals surface area contributed by atoms with Crippen molar-refractivity contribution in [3.63, 3.8) is 0 Å². The Morgan fingerprint density at radius 2 is 0.629 bits per heavy atom. The van der Waals surface area contributed by atoms with Gasteiger partial charge in [-0.2, -0.15) is 0 Å². The van der Waals surface area contributed by atoms with E-state index in [0.717, 1.165) is 133 Å². The lowest BCUT2D eigenvalue weighted by Gasteiger charge is -2.14. The van der Waals surface area contributed by atoms with Gasteiger partial charge in [0.1, 0.15) is 0 Å². The number of aromatic amines is 2. The van der Waals surface area contributed by atoms with E-state index in [-0.39, 0.29) is 0 Å².